The van der Waals surface area contributed by atoms with E-state index in [-0.39, 0.29) is 23.1 Å². The van der Waals surface area contributed by atoms with Crippen molar-refractivity contribution in [3.05, 3.63) is 64.3 Å². The fraction of sp³-hybridized carbons (Fsp3) is 0.100. The Labute approximate surface area is 165 Å². The first-order valence-corrected chi connectivity index (χ1v) is 8.49. The summed E-state index contributed by atoms with van der Waals surface area (Å²) >= 11 is 6.11. The number of benzene rings is 2. The van der Waals surface area contributed by atoms with Gasteiger partial charge in [-0.3, -0.25) is 9.59 Å². The highest BCUT2D eigenvalue weighted by Crippen LogP contribution is 2.31. The predicted octanol–water partition coefficient (Wildman–Crippen LogP) is 3.54. The number of cyclic esters (lactones) is 1. The van der Waals surface area contributed by atoms with Gasteiger partial charge in [0.2, 0.25) is 5.90 Å². The first-order valence-electron chi connectivity index (χ1n) is 8.12. The van der Waals surface area contributed by atoms with E-state index >= 15 is 0 Å². The fourth-order valence-corrected chi connectivity index (χ4v) is 2.62. The summed E-state index contributed by atoms with van der Waals surface area (Å²) in [6.07, 6.45) is 1.46. The molecule has 0 N–H and O–H groups in total. The van der Waals surface area contributed by atoms with E-state index in [1.807, 2.05) is 0 Å². The first-order chi connectivity index (χ1) is 13.3. The highest BCUT2D eigenvalue weighted by molar-refractivity contribution is 6.34. The molecule has 142 valence electrons. The minimum atomic E-state index is -0.645. The van der Waals surface area contributed by atoms with E-state index in [0.717, 1.165) is 0 Å². The monoisotopic (exact) mass is 399 g/mol. The number of nitrogens with zero attached hydrogens (tertiary/aromatic N) is 1. The summed E-state index contributed by atoms with van der Waals surface area (Å²) in [6, 6.07) is 11.3. The van der Waals surface area contributed by atoms with E-state index in [2.05, 4.69) is 4.99 Å². The molecule has 0 amide bonds. The van der Waals surface area contributed by atoms with Crippen molar-refractivity contribution in [1.82, 2.24) is 0 Å². The molecule has 1 aliphatic rings. The molecule has 1 heterocycles. The third-order valence-electron chi connectivity index (χ3n) is 3.50. The van der Waals surface area contributed by atoms with Crippen molar-refractivity contribution in [2.75, 3.05) is 0 Å². The lowest BCUT2D eigenvalue weighted by molar-refractivity contribution is -0.134. The van der Waals surface area contributed by atoms with Crippen LogP contribution in [0.4, 0.5) is 0 Å². The van der Waals surface area contributed by atoms with E-state index in [1.54, 1.807) is 30.3 Å². The maximum Gasteiger partial charge on any atom is 0.363 e. The molecule has 0 aliphatic carbocycles. The number of carbonyl (C=O) groups is 3. The topological polar surface area (TPSA) is 91.3 Å². The number of carbonyl (C=O) groups excluding carboxylic acids is 3. The van der Waals surface area contributed by atoms with Crippen molar-refractivity contribution in [3.63, 3.8) is 0 Å². The molecule has 1 aliphatic heterocycles. The van der Waals surface area contributed by atoms with Crippen molar-refractivity contribution < 1.29 is 28.6 Å². The molecular weight excluding hydrogens is 386 g/mol. The number of hydrogen-bond donors (Lipinski definition) is 0. The number of esters is 3. The molecule has 0 aromatic heterocycles. The van der Waals surface area contributed by atoms with Gasteiger partial charge in [0.1, 0.15) is 0 Å². The molecular formula is C20H14ClNO6. The van der Waals surface area contributed by atoms with Gasteiger partial charge in [-0.05, 0) is 35.9 Å². The van der Waals surface area contributed by atoms with Crippen molar-refractivity contribution in [2.45, 2.75) is 13.8 Å². The SMILES string of the molecule is CC(=O)Oc1ccc(/C=C2\N=C(c3ccccc3Cl)OC2=O)cc1OC(C)=O. The summed E-state index contributed by atoms with van der Waals surface area (Å²) in [5.41, 5.74) is 1.03. The predicted molar refractivity (Wildman–Crippen MR) is 101 cm³/mol. The van der Waals surface area contributed by atoms with Crippen LogP contribution in [0.5, 0.6) is 11.5 Å². The Morgan fingerprint density at radius 2 is 1.71 bits per heavy atom. The molecule has 8 heteroatoms. The molecule has 0 spiro atoms. The van der Waals surface area contributed by atoms with Crippen LogP contribution in [0.1, 0.15) is 25.0 Å². The van der Waals surface area contributed by atoms with E-state index in [0.29, 0.717) is 16.1 Å². The second kappa shape index (κ2) is 8.06. The lowest BCUT2D eigenvalue weighted by atomic mass is 10.1. The third-order valence-corrected chi connectivity index (χ3v) is 3.83. The molecule has 2 aromatic rings. The van der Waals surface area contributed by atoms with Crippen LogP contribution in [0.2, 0.25) is 5.02 Å². The van der Waals surface area contributed by atoms with Crippen LogP contribution < -0.4 is 9.47 Å². The molecule has 7 nitrogen and oxygen atoms in total. The summed E-state index contributed by atoms with van der Waals surface area (Å²) < 4.78 is 15.3. The molecule has 28 heavy (non-hydrogen) atoms. The Morgan fingerprint density at radius 1 is 1.04 bits per heavy atom. The number of rotatable bonds is 4. The van der Waals surface area contributed by atoms with Gasteiger partial charge in [0.25, 0.3) is 0 Å². The van der Waals surface area contributed by atoms with Crippen molar-refractivity contribution in [1.29, 1.82) is 0 Å². The van der Waals surface area contributed by atoms with Crippen LogP contribution in [0, 0.1) is 0 Å². The Morgan fingerprint density at radius 3 is 2.39 bits per heavy atom. The average molecular weight is 400 g/mol. The number of aliphatic imine (C=N–C) groups is 1. The number of halogens is 1. The van der Waals surface area contributed by atoms with Gasteiger partial charge in [-0.1, -0.05) is 29.8 Å². The summed E-state index contributed by atoms with van der Waals surface area (Å²) in [7, 11) is 0. The lowest BCUT2D eigenvalue weighted by Crippen LogP contribution is -2.07. The molecule has 0 radical (unpaired) electrons. The zero-order chi connectivity index (χ0) is 20.3. The van der Waals surface area contributed by atoms with Crippen LogP contribution in [-0.2, 0) is 19.1 Å². The maximum atomic E-state index is 12.1. The Kier molecular flexibility index (Phi) is 5.56. The molecule has 0 fully saturated rings. The highest BCUT2D eigenvalue weighted by atomic mass is 35.5. The zero-order valence-corrected chi connectivity index (χ0v) is 15.6. The standard InChI is InChI=1S/C20H14ClNO6/c1-11(23)26-17-8-7-13(10-18(17)27-12(2)24)9-16-20(25)28-19(22-16)14-5-3-4-6-15(14)21/h3-10H,1-2H3/b16-9-. The van der Waals surface area contributed by atoms with E-state index < -0.39 is 17.9 Å². The summed E-state index contributed by atoms with van der Waals surface area (Å²) in [5.74, 6) is -1.57. The largest absolute Gasteiger partial charge is 0.423 e. The van der Waals surface area contributed by atoms with Crippen LogP contribution in [0.25, 0.3) is 6.08 Å². The molecule has 0 unspecified atom stereocenters. The van der Waals surface area contributed by atoms with Crippen molar-refractivity contribution in [2.24, 2.45) is 4.99 Å². The molecule has 0 bridgehead atoms. The minimum Gasteiger partial charge on any atom is -0.423 e. The molecule has 3 rings (SSSR count). The van der Waals surface area contributed by atoms with Gasteiger partial charge >= 0.3 is 17.9 Å². The molecule has 2 aromatic carbocycles. The van der Waals surface area contributed by atoms with Crippen molar-refractivity contribution >= 4 is 41.5 Å². The number of ether oxygens (including phenoxy) is 3. The normalized spacial score (nSPS) is 14.5. The summed E-state index contributed by atoms with van der Waals surface area (Å²) in [6.45, 7) is 2.45. The summed E-state index contributed by atoms with van der Waals surface area (Å²) in [5, 5.41) is 0.401. The van der Waals surface area contributed by atoms with Gasteiger partial charge in [-0.15, -0.1) is 0 Å². The van der Waals surface area contributed by atoms with Crippen LogP contribution in [-0.4, -0.2) is 23.8 Å². The van der Waals surface area contributed by atoms with Gasteiger partial charge in [-0.25, -0.2) is 9.79 Å². The minimum absolute atomic E-state index is 0.0405. The average Bonchev–Trinajstić information content (AvgIpc) is 2.97. The molecule has 0 saturated heterocycles. The molecule has 0 atom stereocenters. The summed E-state index contributed by atoms with van der Waals surface area (Å²) in [4.78, 5) is 38.8. The van der Waals surface area contributed by atoms with Gasteiger partial charge < -0.3 is 14.2 Å². The van der Waals surface area contributed by atoms with Gasteiger partial charge in [0.15, 0.2) is 17.2 Å². The van der Waals surface area contributed by atoms with E-state index in [9.17, 15) is 14.4 Å². The Balaban J connectivity index is 1.96. The second-order valence-electron chi connectivity index (χ2n) is 5.71. The van der Waals surface area contributed by atoms with Crippen LogP contribution in [0.15, 0.2) is 53.2 Å². The second-order valence-corrected chi connectivity index (χ2v) is 6.12. The smallest absolute Gasteiger partial charge is 0.363 e. The van der Waals surface area contributed by atoms with Gasteiger partial charge in [0.05, 0.1) is 10.6 Å². The Hall–Kier alpha value is -3.45. The molecule has 0 saturated carbocycles. The van der Waals surface area contributed by atoms with Crippen molar-refractivity contribution in [3.8, 4) is 11.5 Å². The first kappa shape index (κ1) is 19.3. The zero-order valence-electron chi connectivity index (χ0n) is 14.9. The fourth-order valence-electron chi connectivity index (χ4n) is 2.41. The van der Waals surface area contributed by atoms with E-state index in [4.69, 9.17) is 25.8 Å². The lowest BCUT2D eigenvalue weighted by Gasteiger charge is -2.09. The van der Waals surface area contributed by atoms with Gasteiger partial charge in [0, 0.05) is 13.8 Å². The van der Waals surface area contributed by atoms with Crippen LogP contribution in [0.3, 0.4) is 0 Å². The van der Waals surface area contributed by atoms with E-state index in [1.165, 1.54) is 32.1 Å². The Bertz CT molecular complexity index is 1040. The third kappa shape index (κ3) is 4.44. The van der Waals surface area contributed by atoms with Crippen LogP contribution >= 0.6 is 11.6 Å². The number of hydrogen-bond acceptors (Lipinski definition) is 7. The van der Waals surface area contributed by atoms with Gasteiger partial charge in [-0.2, -0.15) is 0 Å². The maximum absolute atomic E-state index is 12.1. The highest BCUT2D eigenvalue weighted by Gasteiger charge is 2.25. The quantitative estimate of drug-likeness (QED) is 0.443.